The molecule has 0 aliphatic rings. The Labute approximate surface area is 158 Å². The van der Waals surface area contributed by atoms with Crippen molar-refractivity contribution in [3.63, 3.8) is 0 Å². The highest BCUT2D eigenvalue weighted by atomic mass is 35.5. The third-order valence-corrected chi connectivity index (χ3v) is 5.12. The molecule has 0 atom stereocenters. The molecule has 132 valence electrons. The summed E-state index contributed by atoms with van der Waals surface area (Å²) in [6.07, 6.45) is 1.43. The van der Waals surface area contributed by atoms with Crippen LogP contribution in [0.3, 0.4) is 0 Å². The second-order valence-corrected chi connectivity index (χ2v) is 6.74. The van der Waals surface area contributed by atoms with Crippen molar-refractivity contribution in [1.82, 2.24) is 10.7 Å². The Hall–Kier alpha value is -2.90. The first-order valence-corrected chi connectivity index (χ1v) is 8.80. The Balaban J connectivity index is 1.54. The standard InChI is InChI=1S/C18H14ClN3O3S/c19-16-13-3-1-2-4-14(13)26-17(16)18(25)20-10-15(24)22-21-9-11-5-7-12(23)8-6-11/h1-9,23H,10H2,(H,20,25)(H,22,24). The molecule has 26 heavy (non-hydrogen) atoms. The number of fused-ring (bicyclic) bond motifs is 1. The van der Waals surface area contributed by atoms with Gasteiger partial charge < -0.3 is 10.4 Å². The molecule has 3 aromatic rings. The van der Waals surface area contributed by atoms with Crippen LogP contribution in [-0.2, 0) is 4.79 Å². The number of carbonyl (C=O) groups excluding carboxylic acids is 2. The Bertz CT molecular complexity index is 983. The Kier molecular flexibility index (Phi) is 5.50. The number of hydrogen-bond acceptors (Lipinski definition) is 5. The number of halogens is 1. The van der Waals surface area contributed by atoms with Gasteiger partial charge in [0.2, 0.25) is 0 Å². The van der Waals surface area contributed by atoms with E-state index in [1.165, 1.54) is 29.7 Å². The van der Waals surface area contributed by atoms with Gasteiger partial charge in [-0.3, -0.25) is 9.59 Å². The van der Waals surface area contributed by atoms with E-state index in [0.29, 0.717) is 15.5 Å². The molecule has 1 aromatic heterocycles. The third kappa shape index (κ3) is 4.19. The van der Waals surface area contributed by atoms with E-state index in [1.807, 2.05) is 24.3 Å². The summed E-state index contributed by atoms with van der Waals surface area (Å²) in [5.41, 5.74) is 3.03. The van der Waals surface area contributed by atoms with Crippen LogP contribution in [0.2, 0.25) is 5.02 Å². The number of hydrazone groups is 1. The molecule has 0 spiro atoms. The fourth-order valence-corrected chi connectivity index (χ4v) is 3.61. The maximum Gasteiger partial charge on any atom is 0.263 e. The van der Waals surface area contributed by atoms with Crippen molar-refractivity contribution >= 4 is 51.1 Å². The molecule has 0 bridgehead atoms. The van der Waals surface area contributed by atoms with E-state index in [-0.39, 0.29) is 12.3 Å². The molecule has 2 aromatic carbocycles. The van der Waals surface area contributed by atoms with Crippen LogP contribution in [0.1, 0.15) is 15.2 Å². The predicted molar refractivity (Wildman–Crippen MR) is 103 cm³/mol. The van der Waals surface area contributed by atoms with Crippen LogP contribution in [0, 0.1) is 0 Å². The Morgan fingerprint density at radius 1 is 1.15 bits per heavy atom. The van der Waals surface area contributed by atoms with Gasteiger partial charge in [-0.1, -0.05) is 29.8 Å². The van der Waals surface area contributed by atoms with E-state index < -0.39 is 11.8 Å². The van der Waals surface area contributed by atoms with Gasteiger partial charge in [-0.2, -0.15) is 5.10 Å². The second-order valence-electron chi connectivity index (χ2n) is 5.31. The van der Waals surface area contributed by atoms with Crippen LogP contribution in [0.25, 0.3) is 10.1 Å². The fraction of sp³-hybridized carbons (Fsp3) is 0.0556. The van der Waals surface area contributed by atoms with Crippen LogP contribution >= 0.6 is 22.9 Å². The molecule has 3 N–H and O–H groups in total. The molecule has 0 saturated heterocycles. The van der Waals surface area contributed by atoms with Gasteiger partial charge in [-0.15, -0.1) is 11.3 Å². The van der Waals surface area contributed by atoms with Gasteiger partial charge in [-0.05, 0) is 35.9 Å². The Morgan fingerprint density at radius 2 is 1.88 bits per heavy atom. The predicted octanol–water partition coefficient (Wildman–Crippen LogP) is 3.14. The van der Waals surface area contributed by atoms with Crippen molar-refractivity contribution in [3.05, 3.63) is 64.0 Å². The normalized spacial score (nSPS) is 11.0. The number of thiophene rings is 1. The molecule has 0 saturated carbocycles. The van der Waals surface area contributed by atoms with Gasteiger partial charge in [0.15, 0.2) is 0 Å². The molecule has 6 nitrogen and oxygen atoms in total. The van der Waals surface area contributed by atoms with E-state index >= 15 is 0 Å². The van der Waals surface area contributed by atoms with E-state index in [1.54, 1.807) is 12.1 Å². The van der Waals surface area contributed by atoms with Crippen LogP contribution < -0.4 is 10.7 Å². The number of amides is 2. The largest absolute Gasteiger partial charge is 0.508 e. The Morgan fingerprint density at radius 3 is 2.62 bits per heavy atom. The third-order valence-electron chi connectivity index (χ3n) is 3.45. The van der Waals surface area contributed by atoms with Crippen LogP contribution in [-0.4, -0.2) is 29.7 Å². The molecule has 0 aliphatic carbocycles. The van der Waals surface area contributed by atoms with Crippen molar-refractivity contribution in [2.45, 2.75) is 0 Å². The topological polar surface area (TPSA) is 90.8 Å². The molecule has 3 rings (SSSR count). The number of phenols is 1. The van der Waals surface area contributed by atoms with Crippen LogP contribution in [0.4, 0.5) is 0 Å². The minimum atomic E-state index is -0.467. The maximum absolute atomic E-state index is 12.2. The molecule has 0 aliphatic heterocycles. The molecule has 2 amide bonds. The second kappa shape index (κ2) is 7.99. The van der Waals surface area contributed by atoms with Gasteiger partial charge in [-0.25, -0.2) is 5.43 Å². The van der Waals surface area contributed by atoms with Crippen LogP contribution in [0.5, 0.6) is 5.75 Å². The smallest absolute Gasteiger partial charge is 0.263 e. The molecule has 0 fully saturated rings. The average molecular weight is 388 g/mol. The van der Waals surface area contributed by atoms with Crippen molar-refractivity contribution < 1.29 is 14.7 Å². The molecular weight excluding hydrogens is 374 g/mol. The van der Waals surface area contributed by atoms with E-state index in [9.17, 15) is 14.7 Å². The lowest BCUT2D eigenvalue weighted by Crippen LogP contribution is -2.34. The number of nitrogens with zero attached hydrogens (tertiary/aromatic N) is 1. The zero-order valence-electron chi connectivity index (χ0n) is 13.4. The minimum Gasteiger partial charge on any atom is -0.508 e. The summed E-state index contributed by atoms with van der Waals surface area (Å²) < 4.78 is 0.908. The summed E-state index contributed by atoms with van der Waals surface area (Å²) >= 11 is 7.51. The summed E-state index contributed by atoms with van der Waals surface area (Å²) in [4.78, 5) is 24.4. The number of phenolic OH excluding ortho intramolecular Hbond substituents is 1. The SMILES string of the molecule is O=C(CNC(=O)c1sc2ccccc2c1Cl)NN=Cc1ccc(O)cc1. The van der Waals surface area contributed by atoms with Crippen molar-refractivity contribution in [1.29, 1.82) is 0 Å². The molecule has 1 heterocycles. The van der Waals surface area contributed by atoms with E-state index in [0.717, 1.165) is 10.1 Å². The molecule has 8 heteroatoms. The first-order chi connectivity index (χ1) is 12.5. The van der Waals surface area contributed by atoms with Gasteiger partial charge in [0, 0.05) is 10.1 Å². The van der Waals surface area contributed by atoms with Gasteiger partial charge in [0.1, 0.15) is 10.6 Å². The number of aromatic hydroxyl groups is 1. The number of benzene rings is 2. The average Bonchev–Trinajstić information content (AvgIpc) is 2.98. The van der Waals surface area contributed by atoms with Crippen molar-refractivity contribution in [3.8, 4) is 5.75 Å². The monoisotopic (exact) mass is 387 g/mol. The summed E-state index contributed by atoms with van der Waals surface area (Å²) in [5.74, 6) is -0.728. The molecule has 0 unspecified atom stereocenters. The molecular formula is C18H14ClN3O3S. The lowest BCUT2D eigenvalue weighted by Gasteiger charge is -2.03. The highest BCUT2D eigenvalue weighted by Crippen LogP contribution is 2.34. The fourth-order valence-electron chi connectivity index (χ4n) is 2.18. The van der Waals surface area contributed by atoms with Crippen molar-refractivity contribution in [2.75, 3.05) is 6.54 Å². The highest BCUT2D eigenvalue weighted by molar-refractivity contribution is 7.21. The lowest BCUT2D eigenvalue weighted by molar-refractivity contribution is -0.120. The number of nitrogens with one attached hydrogen (secondary N) is 2. The zero-order chi connectivity index (χ0) is 18.5. The summed E-state index contributed by atoms with van der Waals surface area (Å²) in [5, 5.41) is 16.7. The lowest BCUT2D eigenvalue weighted by atomic mass is 10.2. The minimum absolute atomic E-state index is 0.147. The number of carbonyl (C=O) groups is 2. The number of hydrogen-bond donors (Lipinski definition) is 3. The summed E-state index contributed by atoms with van der Waals surface area (Å²) in [7, 11) is 0. The van der Waals surface area contributed by atoms with Gasteiger partial charge in [0.05, 0.1) is 17.8 Å². The number of rotatable bonds is 5. The zero-order valence-corrected chi connectivity index (χ0v) is 15.0. The molecule has 0 radical (unpaired) electrons. The van der Waals surface area contributed by atoms with Gasteiger partial charge in [0.25, 0.3) is 11.8 Å². The first kappa shape index (κ1) is 17.9. The van der Waals surface area contributed by atoms with E-state index in [4.69, 9.17) is 11.6 Å². The van der Waals surface area contributed by atoms with Crippen LogP contribution in [0.15, 0.2) is 53.6 Å². The highest BCUT2D eigenvalue weighted by Gasteiger charge is 2.17. The van der Waals surface area contributed by atoms with Crippen molar-refractivity contribution in [2.24, 2.45) is 5.10 Å². The first-order valence-electron chi connectivity index (χ1n) is 7.61. The van der Waals surface area contributed by atoms with E-state index in [2.05, 4.69) is 15.8 Å². The summed E-state index contributed by atoms with van der Waals surface area (Å²) in [6, 6.07) is 13.8. The quantitative estimate of drug-likeness (QED) is 0.464. The summed E-state index contributed by atoms with van der Waals surface area (Å²) in [6.45, 7) is -0.226. The maximum atomic E-state index is 12.2. The van der Waals surface area contributed by atoms with Gasteiger partial charge >= 0.3 is 0 Å².